The third-order valence-corrected chi connectivity index (χ3v) is 3.22. The molecule has 0 aliphatic carbocycles. The Labute approximate surface area is 124 Å². The molecule has 1 unspecified atom stereocenters. The Balaban J connectivity index is 1.97. The lowest BCUT2D eigenvalue weighted by molar-refractivity contribution is -0.119. The first-order valence-corrected chi connectivity index (χ1v) is 7.14. The van der Waals surface area contributed by atoms with Crippen LogP contribution in [0.4, 0.5) is 5.69 Å². The third-order valence-electron chi connectivity index (χ3n) is 3.22. The van der Waals surface area contributed by atoms with Gasteiger partial charge in [-0.15, -0.1) is 0 Å². The topological polar surface area (TPSA) is 67.2 Å². The highest BCUT2D eigenvalue weighted by atomic mass is 16.3. The van der Waals surface area contributed by atoms with E-state index in [-0.39, 0.29) is 11.8 Å². The Morgan fingerprint density at radius 3 is 2.62 bits per heavy atom. The molecule has 5 nitrogen and oxygen atoms in total. The maximum absolute atomic E-state index is 12.0. The SMILES string of the molecule is CCNCC(C)C(=O)Nc1ccc(-c2coc(C)n2)cc1. The van der Waals surface area contributed by atoms with Gasteiger partial charge in [-0.25, -0.2) is 4.98 Å². The fourth-order valence-corrected chi connectivity index (χ4v) is 1.94. The van der Waals surface area contributed by atoms with Crippen molar-refractivity contribution in [2.24, 2.45) is 5.92 Å². The molecule has 1 heterocycles. The number of hydrogen-bond acceptors (Lipinski definition) is 4. The average molecular weight is 287 g/mol. The number of hydrogen-bond donors (Lipinski definition) is 2. The second-order valence-corrected chi connectivity index (χ2v) is 5.03. The van der Waals surface area contributed by atoms with Gasteiger partial charge in [0, 0.05) is 30.6 Å². The van der Waals surface area contributed by atoms with Gasteiger partial charge in [0.2, 0.25) is 5.91 Å². The molecule has 0 saturated carbocycles. The van der Waals surface area contributed by atoms with Crippen LogP contribution in [0.15, 0.2) is 34.9 Å². The fraction of sp³-hybridized carbons (Fsp3) is 0.375. The number of anilines is 1. The molecule has 0 aliphatic heterocycles. The summed E-state index contributed by atoms with van der Waals surface area (Å²) in [7, 11) is 0. The molecular weight excluding hydrogens is 266 g/mol. The number of aryl methyl sites for hydroxylation is 1. The summed E-state index contributed by atoms with van der Waals surface area (Å²) < 4.78 is 5.19. The summed E-state index contributed by atoms with van der Waals surface area (Å²) in [6.45, 7) is 7.28. The van der Waals surface area contributed by atoms with Gasteiger partial charge in [-0.3, -0.25) is 4.79 Å². The summed E-state index contributed by atoms with van der Waals surface area (Å²) in [6.07, 6.45) is 1.63. The zero-order chi connectivity index (χ0) is 15.2. The van der Waals surface area contributed by atoms with E-state index in [2.05, 4.69) is 15.6 Å². The molecule has 0 spiro atoms. The maximum atomic E-state index is 12.0. The van der Waals surface area contributed by atoms with Crippen LogP contribution in [-0.4, -0.2) is 24.0 Å². The van der Waals surface area contributed by atoms with Crippen molar-refractivity contribution in [3.8, 4) is 11.3 Å². The molecule has 1 aromatic carbocycles. The van der Waals surface area contributed by atoms with Gasteiger partial charge in [0.25, 0.3) is 0 Å². The highest BCUT2D eigenvalue weighted by Crippen LogP contribution is 2.20. The summed E-state index contributed by atoms with van der Waals surface area (Å²) >= 11 is 0. The molecule has 0 bridgehead atoms. The molecule has 0 aliphatic rings. The molecule has 5 heteroatoms. The molecular formula is C16H21N3O2. The predicted molar refractivity (Wildman–Crippen MR) is 83.0 cm³/mol. The highest BCUT2D eigenvalue weighted by Gasteiger charge is 2.12. The Kier molecular flexibility index (Phi) is 5.11. The van der Waals surface area contributed by atoms with E-state index in [1.807, 2.05) is 45.0 Å². The lowest BCUT2D eigenvalue weighted by Crippen LogP contribution is -2.30. The molecule has 1 amide bonds. The molecule has 2 rings (SSSR count). The van der Waals surface area contributed by atoms with Crippen LogP contribution in [0.1, 0.15) is 19.7 Å². The first-order chi connectivity index (χ1) is 10.1. The van der Waals surface area contributed by atoms with Gasteiger partial charge >= 0.3 is 0 Å². The highest BCUT2D eigenvalue weighted by molar-refractivity contribution is 5.92. The number of aromatic nitrogens is 1. The number of amides is 1. The second-order valence-electron chi connectivity index (χ2n) is 5.03. The van der Waals surface area contributed by atoms with Crippen molar-refractivity contribution < 1.29 is 9.21 Å². The number of carbonyl (C=O) groups excluding carboxylic acids is 1. The number of rotatable bonds is 6. The van der Waals surface area contributed by atoms with Gasteiger partial charge in [0.15, 0.2) is 5.89 Å². The standard InChI is InChI=1S/C16H21N3O2/c1-4-17-9-11(2)16(20)19-14-7-5-13(6-8-14)15-10-21-12(3)18-15/h5-8,10-11,17H,4,9H2,1-3H3,(H,19,20). The number of benzene rings is 1. The minimum absolute atomic E-state index is 0.0148. The third kappa shape index (κ3) is 4.16. The molecule has 112 valence electrons. The quantitative estimate of drug-likeness (QED) is 0.857. The van der Waals surface area contributed by atoms with Gasteiger partial charge in [-0.1, -0.05) is 26.0 Å². The molecule has 1 aromatic heterocycles. The van der Waals surface area contributed by atoms with Crippen LogP contribution in [0.3, 0.4) is 0 Å². The van der Waals surface area contributed by atoms with E-state index in [0.717, 1.165) is 23.5 Å². The summed E-state index contributed by atoms with van der Waals surface area (Å²) in [6, 6.07) is 7.58. The van der Waals surface area contributed by atoms with Crippen LogP contribution in [-0.2, 0) is 4.79 Å². The van der Waals surface area contributed by atoms with E-state index in [9.17, 15) is 4.79 Å². The lowest BCUT2D eigenvalue weighted by Gasteiger charge is -2.12. The summed E-state index contributed by atoms with van der Waals surface area (Å²) in [5.41, 5.74) is 2.55. The molecule has 0 radical (unpaired) electrons. The van der Waals surface area contributed by atoms with Gasteiger partial charge in [-0.2, -0.15) is 0 Å². The zero-order valence-electron chi connectivity index (χ0n) is 12.6. The van der Waals surface area contributed by atoms with E-state index in [1.54, 1.807) is 6.26 Å². The Bertz CT molecular complexity index is 590. The average Bonchev–Trinajstić information content (AvgIpc) is 2.92. The zero-order valence-corrected chi connectivity index (χ0v) is 12.6. The van der Waals surface area contributed by atoms with Crippen LogP contribution in [0.25, 0.3) is 11.3 Å². The van der Waals surface area contributed by atoms with Gasteiger partial charge < -0.3 is 15.1 Å². The van der Waals surface area contributed by atoms with Crippen molar-refractivity contribution in [3.05, 3.63) is 36.4 Å². The largest absolute Gasteiger partial charge is 0.449 e. The fourth-order valence-electron chi connectivity index (χ4n) is 1.94. The molecule has 2 N–H and O–H groups in total. The van der Waals surface area contributed by atoms with E-state index in [4.69, 9.17) is 4.42 Å². The van der Waals surface area contributed by atoms with E-state index >= 15 is 0 Å². The number of oxazole rings is 1. The van der Waals surface area contributed by atoms with Crippen molar-refractivity contribution >= 4 is 11.6 Å². The van der Waals surface area contributed by atoms with E-state index < -0.39 is 0 Å². The smallest absolute Gasteiger partial charge is 0.228 e. The van der Waals surface area contributed by atoms with Crippen molar-refractivity contribution in [1.82, 2.24) is 10.3 Å². The molecule has 21 heavy (non-hydrogen) atoms. The van der Waals surface area contributed by atoms with Gasteiger partial charge in [0.1, 0.15) is 12.0 Å². The van der Waals surface area contributed by atoms with E-state index in [1.165, 1.54) is 0 Å². The lowest BCUT2D eigenvalue weighted by atomic mass is 10.1. The minimum atomic E-state index is -0.0668. The van der Waals surface area contributed by atoms with Gasteiger partial charge in [-0.05, 0) is 18.7 Å². The van der Waals surface area contributed by atoms with Crippen LogP contribution in [0, 0.1) is 12.8 Å². The number of carbonyl (C=O) groups is 1. The molecule has 2 aromatic rings. The number of nitrogens with zero attached hydrogens (tertiary/aromatic N) is 1. The predicted octanol–water partition coefficient (Wildman–Crippen LogP) is 2.83. The molecule has 1 atom stereocenters. The van der Waals surface area contributed by atoms with Crippen molar-refractivity contribution in [2.45, 2.75) is 20.8 Å². The van der Waals surface area contributed by atoms with Crippen LogP contribution in [0.2, 0.25) is 0 Å². The Morgan fingerprint density at radius 1 is 1.33 bits per heavy atom. The Hall–Kier alpha value is -2.14. The van der Waals surface area contributed by atoms with Gasteiger partial charge in [0.05, 0.1) is 0 Å². The van der Waals surface area contributed by atoms with Crippen LogP contribution >= 0.6 is 0 Å². The summed E-state index contributed by atoms with van der Waals surface area (Å²) in [4.78, 5) is 16.3. The monoisotopic (exact) mass is 287 g/mol. The summed E-state index contributed by atoms with van der Waals surface area (Å²) in [5.74, 6) is 0.587. The first-order valence-electron chi connectivity index (χ1n) is 7.14. The normalized spacial score (nSPS) is 12.1. The second kappa shape index (κ2) is 7.04. The van der Waals surface area contributed by atoms with Crippen molar-refractivity contribution in [3.63, 3.8) is 0 Å². The maximum Gasteiger partial charge on any atom is 0.228 e. The van der Waals surface area contributed by atoms with E-state index in [0.29, 0.717) is 12.4 Å². The minimum Gasteiger partial charge on any atom is -0.449 e. The summed E-state index contributed by atoms with van der Waals surface area (Å²) in [5, 5.41) is 6.08. The van der Waals surface area contributed by atoms with Crippen molar-refractivity contribution in [1.29, 1.82) is 0 Å². The van der Waals surface area contributed by atoms with Crippen LogP contribution < -0.4 is 10.6 Å². The molecule has 0 fully saturated rings. The van der Waals surface area contributed by atoms with Crippen molar-refractivity contribution in [2.75, 3.05) is 18.4 Å². The molecule has 0 saturated heterocycles. The first kappa shape index (κ1) is 15.3. The number of nitrogens with one attached hydrogen (secondary N) is 2. The van der Waals surface area contributed by atoms with Crippen LogP contribution in [0.5, 0.6) is 0 Å². The Morgan fingerprint density at radius 2 is 2.05 bits per heavy atom.